The summed E-state index contributed by atoms with van der Waals surface area (Å²) in [5.41, 5.74) is 1.07. The van der Waals surface area contributed by atoms with E-state index in [1.807, 2.05) is 49.9 Å². The molecule has 2 rings (SSSR count). The normalized spacial score (nSPS) is 21.2. The van der Waals surface area contributed by atoms with Crippen molar-refractivity contribution in [3.05, 3.63) is 34.3 Å². The van der Waals surface area contributed by atoms with Gasteiger partial charge in [-0.05, 0) is 30.5 Å². The van der Waals surface area contributed by atoms with Gasteiger partial charge in [0.1, 0.15) is 6.04 Å². The van der Waals surface area contributed by atoms with E-state index >= 15 is 0 Å². The summed E-state index contributed by atoms with van der Waals surface area (Å²) in [7, 11) is 0. The Kier molecular flexibility index (Phi) is 5.04. The van der Waals surface area contributed by atoms with E-state index in [1.54, 1.807) is 0 Å². The minimum atomic E-state index is -0.433. The second-order valence-electron chi connectivity index (χ2n) is 5.80. The van der Waals surface area contributed by atoms with Crippen molar-refractivity contribution < 1.29 is 9.59 Å². The molecule has 1 heterocycles. The highest BCUT2D eigenvalue weighted by Crippen LogP contribution is 2.25. The fraction of sp³-hybridized carbons (Fsp3) is 0.500. The first kappa shape index (κ1) is 16.0. The Hall–Kier alpha value is -1.36. The van der Waals surface area contributed by atoms with Gasteiger partial charge in [-0.25, -0.2) is 0 Å². The number of nitrogens with one attached hydrogen (secondary N) is 1. The molecule has 2 unspecified atom stereocenters. The van der Waals surface area contributed by atoms with Gasteiger partial charge < -0.3 is 10.2 Å². The van der Waals surface area contributed by atoms with Crippen molar-refractivity contribution in [2.75, 3.05) is 6.54 Å². The molecule has 1 N–H and O–H groups in total. The zero-order chi connectivity index (χ0) is 15.6. The van der Waals surface area contributed by atoms with Crippen molar-refractivity contribution in [3.63, 3.8) is 0 Å². The Bertz CT molecular complexity index is 528. The van der Waals surface area contributed by atoms with Gasteiger partial charge in [-0.3, -0.25) is 9.59 Å². The van der Waals surface area contributed by atoms with E-state index in [0.29, 0.717) is 13.0 Å². The van der Waals surface area contributed by atoms with E-state index in [9.17, 15) is 9.59 Å². The third kappa shape index (κ3) is 3.64. The minimum absolute atomic E-state index is 0.00580. The van der Waals surface area contributed by atoms with E-state index in [0.717, 1.165) is 10.0 Å². The van der Waals surface area contributed by atoms with Crippen molar-refractivity contribution in [3.8, 4) is 0 Å². The molecule has 0 bridgehead atoms. The van der Waals surface area contributed by atoms with Gasteiger partial charge in [-0.15, -0.1) is 0 Å². The maximum atomic E-state index is 12.7. The summed E-state index contributed by atoms with van der Waals surface area (Å²) in [4.78, 5) is 26.3. The average Bonchev–Trinajstić information content (AvgIpc) is 2.58. The third-order valence-electron chi connectivity index (χ3n) is 3.93. The SMILES string of the molecule is CC(C)C1NC(=O)CCN(C(C)c2ccc(Br)cc2)C1=O. The van der Waals surface area contributed by atoms with Crippen LogP contribution in [-0.2, 0) is 9.59 Å². The van der Waals surface area contributed by atoms with Gasteiger partial charge in [0.05, 0.1) is 6.04 Å². The van der Waals surface area contributed by atoms with Crippen LogP contribution in [0.25, 0.3) is 0 Å². The van der Waals surface area contributed by atoms with Gasteiger partial charge in [0, 0.05) is 17.4 Å². The van der Waals surface area contributed by atoms with E-state index < -0.39 is 6.04 Å². The standard InChI is InChI=1S/C16H21BrN2O2/c1-10(2)15-16(21)19(9-8-14(20)18-15)11(3)12-4-6-13(17)7-5-12/h4-7,10-11,15H,8-9H2,1-3H3,(H,18,20). The van der Waals surface area contributed by atoms with E-state index in [2.05, 4.69) is 21.2 Å². The van der Waals surface area contributed by atoms with Crippen molar-refractivity contribution in [2.24, 2.45) is 5.92 Å². The molecule has 1 saturated heterocycles. The molecule has 21 heavy (non-hydrogen) atoms. The van der Waals surface area contributed by atoms with Gasteiger partial charge in [-0.2, -0.15) is 0 Å². The molecule has 2 atom stereocenters. The number of benzene rings is 1. The summed E-state index contributed by atoms with van der Waals surface area (Å²) in [5, 5.41) is 2.84. The molecule has 4 nitrogen and oxygen atoms in total. The van der Waals surface area contributed by atoms with Crippen LogP contribution in [0.4, 0.5) is 0 Å². The van der Waals surface area contributed by atoms with Crippen LogP contribution in [0, 0.1) is 5.92 Å². The zero-order valence-electron chi connectivity index (χ0n) is 12.6. The van der Waals surface area contributed by atoms with Crippen LogP contribution >= 0.6 is 15.9 Å². The highest BCUT2D eigenvalue weighted by molar-refractivity contribution is 9.10. The van der Waals surface area contributed by atoms with Gasteiger partial charge in [0.25, 0.3) is 0 Å². The Morgan fingerprint density at radius 1 is 1.19 bits per heavy atom. The van der Waals surface area contributed by atoms with Crippen molar-refractivity contribution in [1.82, 2.24) is 10.2 Å². The molecule has 1 fully saturated rings. The van der Waals surface area contributed by atoms with Crippen LogP contribution in [-0.4, -0.2) is 29.3 Å². The fourth-order valence-corrected chi connectivity index (χ4v) is 2.84. The van der Waals surface area contributed by atoms with Gasteiger partial charge in [0.2, 0.25) is 11.8 Å². The van der Waals surface area contributed by atoms with E-state index in [1.165, 1.54) is 0 Å². The van der Waals surface area contributed by atoms with Crippen molar-refractivity contribution in [2.45, 2.75) is 39.3 Å². The second-order valence-corrected chi connectivity index (χ2v) is 6.71. The van der Waals surface area contributed by atoms with Crippen LogP contribution in [0.1, 0.15) is 38.8 Å². The predicted molar refractivity (Wildman–Crippen MR) is 85.7 cm³/mol. The molecule has 5 heteroatoms. The fourth-order valence-electron chi connectivity index (χ4n) is 2.58. The molecule has 2 amide bonds. The average molecular weight is 353 g/mol. The van der Waals surface area contributed by atoms with Gasteiger partial charge >= 0.3 is 0 Å². The molecular weight excluding hydrogens is 332 g/mol. The number of hydrogen-bond donors (Lipinski definition) is 1. The van der Waals surface area contributed by atoms with Crippen LogP contribution in [0.3, 0.4) is 0 Å². The largest absolute Gasteiger partial charge is 0.344 e. The molecule has 114 valence electrons. The number of carbonyl (C=O) groups excluding carboxylic acids is 2. The minimum Gasteiger partial charge on any atom is -0.344 e. The summed E-state index contributed by atoms with van der Waals surface area (Å²) < 4.78 is 1.01. The summed E-state index contributed by atoms with van der Waals surface area (Å²) in [6.07, 6.45) is 0.357. The lowest BCUT2D eigenvalue weighted by atomic mass is 10.0. The summed E-state index contributed by atoms with van der Waals surface area (Å²) in [6, 6.07) is 7.48. The molecular formula is C16H21BrN2O2. The van der Waals surface area contributed by atoms with Crippen LogP contribution in [0.5, 0.6) is 0 Å². The smallest absolute Gasteiger partial charge is 0.245 e. The lowest BCUT2D eigenvalue weighted by molar-refractivity contribution is -0.136. The zero-order valence-corrected chi connectivity index (χ0v) is 14.2. The molecule has 0 saturated carbocycles. The van der Waals surface area contributed by atoms with Crippen LogP contribution in [0.15, 0.2) is 28.7 Å². The molecule has 0 aliphatic carbocycles. The molecule has 0 aromatic heterocycles. The van der Waals surface area contributed by atoms with Crippen molar-refractivity contribution >= 4 is 27.7 Å². The number of carbonyl (C=O) groups is 2. The number of nitrogens with zero attached hydrogens (tertiary/aromatic N) is 1. The molecule has 0 spiro atoms. The molecule has 0 radical (unpaired) electrons. The summed E-state index contributed by atoms with van der Waals surface area (Å²) in [5.74, 6) is 0.0398. The van der Waals surface area contributed by atoms with E-state index in [4.69, 9.17) is 0 Å². The quantitative estimate of drug-likeness (QED) is 0.909. The molecule has 1 aliphatic rings. The second kappa shape index (κ2) is 6.60. The maximum Gasteiger partial charge on any atom is 0.245 e. The predicted octanol–water partition coefficient (Wildman–Crippen LogP) is 2.88. The summed E-state index contributed by atoms with van der Waals surface area (Å²) in [6.45, 7) is 6.38. The van der Waals surface area contributed by atoms with E-state index in [-0.39, 0.29) is 23.8 Å². The molecule has 1 aliphatic heterocycles. The molecule has 1 aromatic rings. The number of hydrogen-bond acceptors (Lipinski definition) is 2. The lowest BCUT2D eigenvalue weighted by Crippen LogP contribution is -2.48. The molecule has 1 aromatic carbocycles. The highest BCUT2D eigenvalue weighted by Gasteiger charge is 2.34. The Labute approximate surface area is 134 Å². The summed E-state index contributed by atoms with van der Waals surface area (Å²) >= 11 is 3.42. The first-order valence-electron chi connectivity index (χ1n) is 7.25. The lowest BCUT2D eigenvalue weighted by Gasteiger charge is -2.31. The Balaban J connectivity index is 2.25. The van der Waals surface area contributed by atoms with Gasteiger partial charge in [0.15, 0.2) is 0 Å². The number of halogens is 1. The van der Waals surface area contributed by atoms with Crippen molar-refractivity contribution in [1.29, 1.82) is 0 Å². The first-order valence-corrected chi connectivity index (χ1v) is 8.04. The third-order valence-corrected chi connectivity index (χ3v) is 4.46. The first-order chi connectivity index (χ1) is 9.90. The highest BCUT2D eigenvalue weighted by atomic mass is 79.9. The number of rotatable bonds is 3. The van der Waals surface area contributed by atoms with Gasteiger partial charge in [-0.1, -0.05) is 41.9 Å². The monoisotopic (exact) mass is 352 g/mol. The van der Waals surface area contributed by atoms with Crippen LogP contribution < -0.4 is 5.32 Å². The Morgan fingerprint density at radius 2 is 1.81 bits per heavy atom. The van der Waals surface area contributed by atoms with Crippen LogP contribution in [0.2, 0.25) is 0 Å². The maximum absolute atomic E-state index is 12.7. The Morgan fingerprint density at radius 3 is 2.38 bits per heavy atom. The topological polar surface area (TPSA) is 49.4 Å². The number of amides is 2.